The fraction of sp³-hybridized carbons (Fsp3) is 0.652. The van der Waals surface area contributed by atoms with E-state index in [1.807, 2.05) is 0 Å². The number of ether oxygens (including phenoxy) is 1. The third kappa shape index (κ3) is 3.19. The van der Waals surface area contributed by atoms with Gasteiger partial charge >= 0.3 is 6.09 Å². The second kappa shape index (κ2) is 6.50. The molecule has 3 atom stereocenters. The van der Waals surface area contributed by atoms with Crippen LogP contribution in [0.1, 0.15) is 57.6 Å². The summed E-state index contributed by atoms with van der Waals surface area (Å²) in [6, 6.07) is 9.09. The highest BCUT2D eigenvalue weighted by atomic mass is 16.5. The van der Waals surface area contributed by atoms with Crippen LogP contribution in [0, 0.1) is 17.3 Å². The van der Waals surface area contributed by atoms with Crippen LogP contribution in [0.4, 0.5) is 4.79 Å². The number of methoxy groups -OCH3 is 1. The predicted octanol–water partition coefficient (Wildman–Crippen LogP) is 3.68. The Balaban J connectivity index is 1.35. The van der Waals surface area contributed by atoms with Gasteiger partial charge in [0, 0.05) is 25.0 Å². The van der Waals surface area contributed by atoms with Gasteiger partial charge in [-0.25, -0.2) is 4.79 Å². The fourth-order valence-corrected chi connectivity index (χ4v) is 5.30. The number of fused-ring (bicyclic) bond motifs is 1. The van der Waals surface area contributed by atoms with Gasteiger partial charge in [-0.3, -0.25) is 4.79 Å². The number of carbonyl (C=O) groups excluding carboxylic acids is 2. The molecule has 1 aromatic carbocycles. The van der Waals surface area contributed by atoms with Crippen molar-refractivity contribution >= 4 is 12.0 Å². The molecule has 1 heterocycles. The molecule has 2 amide bonds. The first-order chi connectivity index (χ1) is 13.1. The summed E-state index contributed by atoms with van der Waals surface area (Å²) < 4.78 is 4.62. The highest BCUT2D eigenvalue weighted by molar-refractivity contribution is 5.81. The predicted molar refractivity (Wildman–Crippen MR) is 108 cm³/mol. The maximum absolute atomic E-state index is 12.8. The van der Waals surface area contributed by atoms with Crippen LogP contribution in [0.25, 0.3) is 0 Å². The lowest BCUT2D eigenvalue weighted by Crippen LogP contribution is -2.50. The summed E-state index contributed by atoms with van der Waals surface area (Å²) >= 11 is 0. The monoisotopic (exact) mass is 384 g/mol. The Morgan fingerprint density at radius 2 is 1.96 bits per heavy atom. The molecule has 0 aromatic heterocycles. The van der Waals surface area contributed by atoms with E-state index in [0.29, 0.717) is 11.8 Å². The molecule has 3 unspecified atom stereocenters. The van der Waals surface area contributed by atoms with Crippen LogP contribution < -0.4 is 5.32 Å². The molecule has 1 aromatic rings. The van der Waals surface area contributed by atoms with Crippen LogP contribution >= 0.6 is 0 Å². The number of hydrogen-bond acceptors (Lipinski definition) is 3. The van der Waals surface area contributed by atoms with E-state index in [2.05, 4.69) is 66.9 Å². The zero-order valence-electron chi connectivity index (χ0n) is 17.6. The van der Waals surface area contributed by atoms with Crippen LogP contribution in [-0.4, -0.2) is 43.1 Å². The molecule has 152 valence electrons. The zero-order valence-corrected chi connectivity index (χ0v) is 17.6. The van der Waals surface area contributed by atoms with Crippen molar-refractivity contribution < 1.29 is 14.3 Å². The van der Waals surface area contributed by atoms with E-state index in [9.17, 15) is 9.59 Å². The number of likely N-dealkylation sites (tertiary alicyclic amines) is 1. The summed E-state index contributed by atoms with van der Waals surface area (Å²) in [7, 11) is 1.36. The number of amides is 2. The summed E-state index contributed by atoms with van der Waals surface area (Å²) in [5, 5.41) is 2.78. The summed E-state index contributed by atoms with van der Waals surface area (Å²) in [5.41, 5.74) is 3.17. The minimum absolute atomic E-state index is 0.0472. The molecule has 0 spiro atoms. The van der Waals surface area contributed by atoms with Gasteiger partial charge in [0.2, 0.25) is 5.91 Å². The molecule has 5 heteroatoms. The first kappa shape index (κ1) is 19.3. The number of hydrogen-bond donors (Lipinski definition) is 1. The van der Waals surface area contributed by atoms with Gasteiger partial charge in [-0.05, 0) is 46.6 Å². The van der Waals surface area contributed by atoms with Crippen molar-refractivity contribution in [3.8, 4) is 0 Å². The topological polar surface area (TPSA) is 58.6 Å². The molecule has 28 heavy (non-hydrogen) atoms. The average Bonchev–Trinajstić information content (AvgIpc) is 3.02. The van der Waals surface area contributed by atoms with Gasteiger partial charge < -0.3 is 15.0 Å². The Labute approximate surface area is 167 Å². The Kier molecular flexibility index (Phi) is 4.48. The molecule has 2 aliphatic carbocycles. The van der Waals surface area contributed by atoms with E-state index in [1.54, 1.807) is 0 Å². The van der Waals surface area contributed by atoms with Crippen molar-refractivity contribution in [3.05, 3.63) is 35.4 Å². The molecule has 0 radical (unpaired) electrons. The standard InChI is InChI=1S/C23H32N2O3/c1-22(2,3)16-8-6-7-14(9-16)19-18-12-25(13-23(18,19)4)20(26)15-10-17(11-15)24-21(27)28-5/h6-9,15,17-19H,10-13H2,1-5H3,(H,24,27). The summed E-state index contributed by atoms with van der Waals surface area (Å²) in [6.45, 7) is 10.8. The van der Waals surface area contributed by atoms with Crippen molar-refractivity contribution in [1.82, 2.24) is 10.2 Å². The number of nitrogens with one attached hydrogen (secondary N) is 1. The van der Waals surface area contributed by atoms with Crippen molar-refractivity contribution in [2.45, 2.75) is 57.9 Å². The number of alkyl carbamates (subject to hydrolysis) is 1. The van der Waals surface area contributed by atoms with E-state index < -0.39 is 6.09 Å². The van der Waals surface area contributed by atoms with Gasteiger partial charge in [0.15, 0.2) is 0 Å². The largest absolute Gasteiger partial charge is 0.453 e. The second-order valence-corrected chi connectivity index (χ2v) is 10.2. The van der Waals surface area contributed by atoms with Gasteiger partial charge in [0.05, 0.1) is 7.11 Å². The van der Waals surface area contributed by atoms with E-state index in [4.69, 9.17) is 0 Å². The van der Waals surface area contributed by atoms with Gasteiger partial charge in [0.1, 0.15) is 0 Å². The van der Waals surface area contributed by atoms with E-state index in [0.717, 1.165) is 25.9 Å². The van der Waals surface area contributed by atoms with Crippen LogP contribution in [0.5, 0.6) is 0 Å². The van der Waals surface area contributed by atoms with E-state index in [-0.39, 0.29) is 28.7 Å². The molecule has 3 aliphatic rings. The average molecular weight is 385 g/mol. The van der Waals surface area contributed by atoms with Crippen LogP contribution in [-0.2, 0) is 14.9 Å². The number of piperidine rings is 1. The maximum Gasteiger partial charge on any atom is 0.407 e. The SMILES string of the molecule is COC(=O)NC1CC(C(=O)N2CC3C(c4cccc(C(C)(C)C)c4)C3(C)C2)C1. The maximum atomic E-state index is 12.8. The molecule has 3 fully saturated rings. The van der Waals surface area contributed by atoms with Gasteiger partial charge in [-0.2, -0.15) is 0 Å². The highest BCUT2D eigenvalue weighted by Crippen LogP contribution is 2.68. The van der Waals surface area contributed by atoms with Crippen LogP contribution in [0.2, 0.25) is 0 Å². The molecular weight excluding hydrogens is 352 g/mol. The van der Waals surface area contributed by atoms with Crippen molar-refractivity contribution in [2.75, 3.05) is 20.2 Å². The lowest BCUT2D eigenvalue weighted by Gasteiger charge is -2.37. The third-order valence-electron chi connectivity index (χ3n) is 7.22. The molecule has 1 N–H and O–H groups in total. The number of carbonyl (C=O) groups is 2. The number of nitrogens with zero attached hydrogens (tertiary/aromatic N) is 1. The van der Waals surface area contributed by atoms with Crippen molar-refractivity contribution in [3.63, 3.8) is 0 Å². The Hall–Kier alpha value is -2.04. The van der Waals surface area contributed by atoms with Gasteiger partial charge in [-0.15, -0.1) is 0 Å². The molecule has 5 nitrogen and oxygen atoms in total. The quantitative estimate of drug-likeness (QED) is 0.865. The first-order valence-corrected chi connectivity index (χ1v) is 10.4. The summed E-state index contributed by atoms with van der Waals surface area (Å²) in [6.07, 6.45) is 1.04. The lowest BCUT2D eigenvalue weighted by molar-refractivity contribution is -0.138. The molecule has 0 bridgehead atoms. The molecule has 4 rings (SSSR count). The fourth-order valence-electron chi connectivity index (χ4n) is 5.30. The zero-order chi connectivity index (χ0) is 20.3. The summed E-state index contributed by atoms with van der Waals surface area (Å²) in [5.74, 6) is 1.44. The summed E-state index contributed by atoms with van der Waals surface area (Å²) in [4.78, 5) is 26.2. The van der Waals surface area contributed by atoms with E-state index in [1.165, 1.54) is 18.2 Å². The Morgan fingerprint density at radius 3 is 2.54 bits per heavy atom. The van der Waals surface area contributed by atoms with Crippen molar-refractivity contribution in [2.24, 2.45) is 17.3 Å². The molecule has 2 saturated carbocycles. The van der Waals surface area contributed by atoms with Gasteiger partial charge in [-0.1, -0.05) is 52.0 Å². The second-order valence-electron chi connectivity index (χ2n) is 10.2. The van der Waals surface area contributed by atoms with Crippen LogP contribution in [0.3, 0.4) is 0 Å². The molecule has 1 aliphatic heterocycles. The Bertz CT molecular complexity index is 793. The smallest absolute Gasteiger partial charge is 0.407 e. The van der Waals surface area contributed by atoms with Crippen LogP contribution in [0.15, 0.2) is 24.3 Å². The van der Waals surface area contributed by atoms with Gasteiger partial charge in [0.25, 0.3) is 0 Å². The first-order valence-electron chi connectivity index (χ1n) is 10.4. The number of rotatable bonds is 3. The minimum atomic E-state index is -0.411. The normalized spacial score (nSPS) is 33.7. The van der Waals surface area contributed by atoms with E-state index >= 15 is 0 Å². The highest BCUT2D eigenvalue weighted by Gasteiger charge is 2.67. The minimum Gasteiger partial charge on any atom is -0.453 e. The molecular formula is C23H32N2O3. The lowest BCUT2D eigenvalue weighted by atomic mass is 9.79. The molecule has 1 saturated heterocycles. The third-order valence-corrected chi connectivity index (χ3v) is 7.22. The Morgan fingerprint density at radius 1 is 1.25 bits per heavy atom. The van der Waals surface area contributed by atoms with Crippen molar-refractivity contribution in [1.29, 1.82) is 0 Å². The number of benzene rings is 1.